The lowest BCUT2D eigenvalue weighted by Gasteiger charge is -2.11. The summed E-state index contributed by atoms with van der Waals surface area (Å²) in [5.74, 6) is -0.141. The van der Waals surface area contributed by atoms with Crippen LogP contribution in [0.5, 0.6) is 5.75 Å². The molecule has 3 aromatic rings. The number of hydrogen-bond donors (Lipinski definition) is 3. The van der Waals surface area contributed by atoms with E-state index in [1.54, 1.807) is 23.9 Å². The number of thioether (sulfide) groups is 1. The number of amides is 1. The second kappa shape index (κ2) is 15.4. The lowest BCUT2D eigenvalue weighted by molar-refractivity contribution is 0.102. The minimum absolute atomic E-state index is 0.0881. The van der Waals surface area contributed by atoms with Crippen LogP contribution in [0.4, 0.5) is 17.1 Å². The Labute approximate surface area is 207 Å². The van der Waals surface area contributed by atoms with Crippen LogP contribution >= 0.6 is 59.0 Å². The summed E-state index contributed by atoms with van der Waals surface area (Å²) >= 11 is 11.1. The monoisotopic (exact) mass is 614 g/mol. The quantitative estimate of drug-likeness (QED) is 0.210. The predicted molar refractivity (Wildman–Crippen MR) is 144 cm³/mol. The Bertz CT molecular complexity index is 885. The molecule has 1 amide bonds. The van der Waals surface area contributed by atoms with Crippen molar-refractivity contribution < 1.29 is 9.90 Å². The summed E-state index contributed by atoms with van der Waals surface area (Å²) in [5.41, 5.74) is 2.51. The third-order valence-electron chi connectivity index (χ3n) is 3.34. The summed E-state index contributed by atoms with van der Waals surface area (Å²) in [6.07, 6.45) is 4.08. The molecule has 3 N–H and O–H groups in total. The molecule has 3 rings (SSSR count). The highest BCUT2D eigenvalue weighted by Gasteiger charge is 2.10. The van der Waals surface area contributed by atoms with E-state index in [1.165, 1.54) is 6.07 Å². The van der Waals surface area contributed by atoms with Crippen LogP contribution in [-0.4, -0.2) is 26.7 Å². The van der Waals surface area contributed by atoms with Gasteiger partial charge in [0.15, 0.2) is 0 Å². The molecule has 0 aromatic heterocycles. The Morgan fingerprint density at radius 3 is 1.83 bits per heavy atom. The van der Waals surface area contributed by atoms with Gasteiger partial charge < -0.3 is 15.7 Å². The van der Waals surface area contributed by atoms with Crippen LogP contribution < -0.4 is 10.6 Å². The van der Waals surface area contributed by atoms with E-state index in [4.69, 9.17) is 0 Å². The molecule has 0 aliphatic carbocycles. The Morgan fingerprint density at radius 2 is 1.33 bits per heavy atom. The van der Waals surface area contributed by atoms with E-state index in [2.05, 4.69) is 57.9 Å². The molecular weight excluding hydrogens is 595 g/mol. The summed E-state index contributed by atoms with van der Waals surface area (Å²) in [4.78, 5) is 12.3. The summed E-state index contributed by atoms with van der Waals surface area (Å²) in [6, 6.07) is 23.4. The highest BCUT2D eigenvalue weighted by Crippen LogP contribution is 2.28. The third kappa shape index (κ3) is 11.1. The first-order valence-electron chi connectivity index (χ1n) is 8.71. The second-order valence-corrected chi connectivity index (χ2v) is 12.9. The highest BCUT2D eigenvalue weighted by molar-refractivity contribution is 9.69. The van der Waals surface area contributed by atoms with Gasteiger partial charge in [-0.2, -0.15) is 11.8 Å². The number of phenols is 1. The van der Waals surface area contributed by atoms with Crippen LogP contribution in [-0.2, 0) is 0 Å². The van der Waals surface area contributed by atoms with Crippen molar-refractivity contribution in [2.75, 3.05) is 23.1 Å². The number of para-hydroxylation sites is 2. The van der Waals surface area contributed by atoms with Gasteiger partial charge in [-0.1, -0.05) is 36.4 Å². The normalized spacial score (nSPS) is 9.23. The smallest absolute Gasteiger partial charge is 0.369 e. The first kappa shape index (κ1) is 26.6. The molecule has 3 aromatic carbocycles. The summed E-state index contributed by atoms with van der Waals surface area (Å²) in [7, 11) is 0. The van der Waals surface area contributed by atoms with Crippen LogP contribution in [0.3, 0.4) is 0 Å². The number of nitrogens with one attached hydrogen (secondary N) is 2. The fourth-order valence-electron chi connectivity index (χ4n) is 2.18. The maximum Gasteiger partial charge on any atom is 0.369 e. The van der Waals surface area contributed by atoms with E-state index < -0.39 is 0 Å². The fraction of sp³-hybridized carbons (Fsp3) is 0.0952. The van der Waals surface area contributed by atoms with Crippen LogP contribution in [0.1, 0.15) is 10.4 Å². The lowest BCUT2D eigenvalue weighted by Crippen LogP contribution is -2.11. The first-order chi connectivity index (χ1) is 14.4. The maximum absolute atomic E-state index is 12.3. The van der Waals surface area contributed by atoms with Crippen LogP contribution in [0, 0.1) is 0 Å². The third-order valence-corrected chi connectivity index (χ3v) is 3.34. The SMILES string of the molecule is BrB(Br)Br.CSC.O=C(Nc1ccccc1)c1ccc(O)c(Nc2ccccc2)c1. The maximum atomic E-state index is 12.3. The second-order valence-electron chi connectivity index (χ2n) is 5.70. The standard InChI is InChI=1S/C19H16N2O2.C2H6S.BBr3/c22-18-12-11-14(19(23)21-16-9-5-2-6-10-16)13-17(18)20-15-7-3-1-4-8-15;1-3-2;2-1(3)4/h1-13,20,22H,(H,21,23);1-2H3;. The van der Waals surface area contributed by atoms with Crippen LogP contribution in [0.25, 0.3) is 0 Å². The lowest BCUT2D eigenvalue weighted by atomic mass is 10.1. The van der Waals surface area contributed by atoms with E-state index in [0.717, 1.165) is 11.4 Å². The number of anilines is 3. The van der Waals surface area contributed by atoms with Crippen molar-refractivity contribution in [3.05, 3.63) is 84.4 Å². The molecule has 0 fully saturated rings. The fourth-order valence-corrected chi connectivity index (χ4v) is 2.18. The molecule has 0 bridgehead atoms. The first-order valence-corrected chi connectivity index (χ1v) is 13.1. The zero-order chi connectivity index (χ0) is 22.4. The van der Waals surface area contributed by atoms with Crippen LogP contribution in [0.2, 0.25) is 0 Å². The summed E-state index contributed by atoms with van der Waals surface area (Å²) in [5, 5.41) is 15.9. The van der Waals surface area contributed by atoms with Gasteiger partial charge in [0, 0.05) is 16.9 Å². The van der Waals surface area contributed by atoms with Crippen molar-refractivity contribution in [1.29, 1.82) is 0 Å². The van der Waals surface area contributed by atoms with Gasteiger partial charge in [-0.05, 0) is 55.0 Å². The molecule has 158 valence electrons. The minimum atomic E-state index is -0.229. The van der Waals surface area contributed by atoms with Gasteiger partial charge in [-0.3, -0.25) is 4.79 Å². The van der Waals surface area contributed by atoms with Gasteiger partial charge in [0.1, 0.15) is 5.75 Å². The van der Waals surface area contributed by atoms with Crippen molar-refractivity contribution in [1.82, 2.24) is 0 Å². The topological polar surface area (TPSA) is 61.4 Å². The Balaban J connectivity index is 0.000000564. The highest BCUT2D eigenvalue weighted by atomic mass is 79.9. The largest absolute Gasteiger partial charge is 0.506 e. The van der Waals surface area contributed by atoms with Crippen molar-refractivity contribution in [3.63, 3.8) is 0 Å². The molecule has 0 atom stereocenters. The Kier molecular flexibility index (Phi) is 13.7. The number of hydrogen-bond acceptors (Lipinski definition) is 4. The number of halogens is 3. The number of carbonyl (C=O) groups is 1. The molecular formula is C21H22BBr3N2O2S. The molecule has 0 saturated heterocycles. The van der Waals surface area contributed by atoms with Gasteiger partial charge in [0.25, 0.3) is 5.91 Å². The molecule has 30 heavy (non-hydrogen) atoms. The molecule has 0 saturated carbocycles. The summed E-state index contributed by atoms with van der Waals surface area (Å²) in [6.45, 7) is 0. The molecule has 0 unspecified atom stereocenters. The van der Waals surface area contributed by atoms with Gasteiger partial charge in [0.05, 0.1) is 5.69 Å². The number of benzene rings is 3. The zero-order valence-corrected chi connectivity index (χ0v) is 22.1. The molecule has 0 spiro atoms. The van der Waals surface area contributed by atoms with E-state index in [1.807, 2.05) is 73.2 Å². The summed E-state index contributed by atoms with van der Waals surface area (Å²) < 4.78 is 0.271. The molecule has 0 heterocycles. The zero-order valence-electron chi connectivity index (χ0n) is 16.5. The molecule has 9 heteroatoms. The minimum Gasteiger partial charge on any atom is -0.506 e. The van der Waals surface area contributed by atoms with E-state index in [0.29, 0.717) is 11.3 Å². The molecule has 0 aliphatic heterocycles. The number of aromatic hydroxyl groups is 1. The van der Waals surface area contributed by atoms with Gasteiger partial charge >= 0.3 is 3.18 Å². The predicted octanol–water partition coefficient (Wildman–Crippen LogP) is 7.52. The number of phenolic OH excluding ortho intramolecular Hbond substituents is 1. The van der Waals surface area contributed by atoms with Gasteiger partial charge in [0.2, 0.25) is 0 Å². The average molecular weight is 617 g/mol. The van der Waals surface area contributed by atoms with Crippen molar-refractivity contribution >= 4 is 85.2 Å². The van der Waals surface area contributed by atoms with Gasteiger partial charge in [-0.25, -0.2) is 0 Å². The Hall–Kier alpha value is -1.42. The van der Waals surface area contributed by atoms with E-state index >= 15 is 0 Å². The molecule has 0 aliphatic rings. The van der Waals surface area contributed by atoms with Crippen molar-refractivity contribution in [2.24, 2.45) is 0 Å². The van der Waals surface area contributed by atoms with E-state index in [9.17, 15) is 9.90 Å². The number of rotatable bonds is 4. The van der Waals surface area contributed by atoms with Crippen molar-refractivity contribution in [2.45, 2.75) is 0 Å². The molecule has 0 radical (unpaired) electrons. The van der Waals surface area contributed by atoms with E-state index in [-0.39, 0.29) is 14.8 Å². The van der Waals surface area contributed by atoms with Gasteiger partial charge in [-0.15, -0.1) is 47.3 Å². The van der Waals surface area contributed by atoms with Crippen LogP contribution in [0.15, 0.2) is 78.9 Å². The Morgan fingerprint density at radius 1 is 0.867 bits per heavy atom. The molecule has 4 nitrogen and oxygen atoms in total. The van der Waals surface area contributed by atoms with Crippen molar-refractivity contribution in [3.8, 4) is 5.75 Å². The number of carbonyl (C=O) groups excluding carboxylic acids is 1. The average Bonchev–Trinajstić information content (AvgIpc) is 2.71.